The van der Waals surface area contributed by atoms with E-state index in [-0.39, 0.29) is 30.0 Å². The molecule has 0 aliphatic carbocycles. The summed E-state index contributed by atoms with van der Waals surface area (Å²) in [5.74, 6) is -0.0893. The zero-order valence-electron chi connectivity index (χ0n) is 17.6. The van der Waals surface area contributed by atoms with E-state index in [2.05, 4.69) is 15.2 Å². The van der Waals surface area contributed by atoms with Crippen molar-refractivity contribution < 1.29 is 18.4 Å². The molecule has 3 N–H and O–H groups in total. The number of amides is 2. The van der Waals surface area contributed by atoms with Gasteiger partial charge in [-0.05, 0) is 49.2 Å². The minimum absolute atomic E-state index is 0.0451. The number of halogens is 1. The van der Waals surface area contributed by atoms with Gasteiger partial charge >= 0.3 is 0 Å². The van der Waals surface area contributed by atoms with Crippen LogP contribution in [0.5, 0.6) is 0 Å². The Morgan fingerprint density at radius 1 is 1.12 bits per heavy atom. The van der Waals surface area contributed by atoms with Crippen LogP contribution in [0.15, 0.2) is 59.1 Å². The van der Waals surface area contributed by atoms with E-state index in [1.165, 1.54) is 12.3 Å². The Morgan fingerprint density at radius 3 is 2.53 bits per heavy atom. The Bertz CT molecular complexity index is 1090. The molecule has 3 aromatic rings. The summed E-state index contributed by atoms with van der Waals surface area (Å²) >= 11 is 0. The minimum atomic E-state index is -0.381. The van der Waals surface area contributed by atoms with Crippen LogP contribution in [0.25, 0.3) is 11.3 Å². The maximum absolute atomic E-state index is 13.9. The average Bonchev–Trinajstić information content (AvgIpc) is 3.27. The van der Waals surface area contributed by atoms with Gasteiger partial charge in [0.1, 0.15) is 5.82 Å². The van der Waals surface area contributed by atoms with E-state index in [4.69, 9.17) is 10.2 Å². The molecule has 7 nitrogen and oxygen atoms in total. The molecule has 0 radical (unpaired) electrons. The maximum atomic E-state index is 13.9. The second kappa shape index (κ2) is 9.64. The first-order chi connectivity index (χ1) is 15.5. The van der Waals surface area contributed by atoms with Crippen molar-refractivity contribution in [3.8, 4) is 11.3 Å². The van der Waals surface area contributed by atoms with E-state index in [9.17, 15) is 14.0 Å². The van der Waals surface area contributed by atoms with Crippen LogP contribution in [0, 0.1) is 11.7 Å². The Hall–Kier alpha value is -3.68. The third-order valence-corrected chi connectivity index (χ3v) is 5.67. The summed E-state index contributed by atoms with van der Waals surface area (Å²) in [5.41, 5.74) is 7.48. The highest BCUT2D eigenvalue weighted by molar-refractivity contribution is 5.91. The first-order valence-corrected chi connectivity index (χ1v) is 10.6. The van der Waals surface area contributed by atoms with Crippen LogP contribution in [-0.2, 0) is 16.0 Å². The fourth-order valence-electron chi connectivity index (χ4n) is 3.83. The highest BCUT2D eigenvalue weighted by Gasteiger charge is 2.23. The van der Waals surface area contributed by atoms with Crippen molar-refractivity contribution in [2.45, 2.75) is 25.7 Å². The Kier molecular flexibility index (Phi) is 6.49. The summed E-state index contributed by atoms with van der Waals surface area (Å²) < 4.78 is 19.5. The number of benzene rings is 2. The molecule has 0 unspecified atom stereocenters. The lowest BCUT2D eigenvalue weighted by molar-refractivity contribution is -0.122. The minimum Gasteiger partial charge on any atom is -0.441 e. The van der Waals surface area contributed by atoms with Gasteiger partial charge in [-0.2, -0.15) is 0 Å². The maximum Gasteiger partial charge on any atom is 0.224 e. The van der Waals surface area contributed by atoms with Crippen molar-refractivity contribution in [1.82, 2.24) is 4.98 Å². The number of aryl methyl sites for hydroxylation is 1. The SMILES string of the molecule is NC(=O)C1CCN(c2ccc(NC(=O)CCc3ncc(-c4ccccc4F)o3)cc2)CC1. The molecule has 1 fully saturated rings. The molecule has 0 saturated carbocycles. The zero-order chi connectivity index (χ0) is 22.5. The van der Waals surface area contributed by atoms with Crippen molar-refractivity contribution in [1.29, 1.82) is 0 Å². The monoisotopic (exact) mass is 436 g/mol. The first kappa shape index (κ1) is 21.5. The van der Waals surface area contributed by atoms with Gasteiger partial charge in [-0.1, -0.05) is 12.1 Å². The molecule has 1 aliphatic rings. The topological polar surface area (TPSA) is 101 Å². The zero-order valence-corrected chi connectivity index (χ0v) is 17.6. The highest BCUT2D eigenvalue weighted by atomic mass is 19.1. The fourth-order valence-corrected chi connectivity index (χ4v) is 3.83. The summed E-state index contributed by atoms with van der Waals surface area (Å²) in [5, 5.41) is 2.86. The number of nitrogens with two attached hydrogens (primary N) is 1. The predicted molar refractivity (Wildman–Crippen MR) is 119 cm³/mol. The molecule has 166 valence electrons. The molecule has 8 heteroatoms. The number of carbonyl (C=O) groups excluding carboxylic acids is 2. The van der Waals surface area contributed by atoms with E-state index < -0.39 is 0 Å². The molecule has 2 amide bonds. The summed E-state index contributed by atoms with van der Waals surface area (Å²) in [6, 6.07) is 13.9. The van der Waals surface area contributed by atoms with E-state index in [0.717, 1.165) is 31.6 Å². The lowest BCUT2D eigenvalue weighted by Gasteiger charge is -2.32. The van der Waals surface area contributed by atoms with Gasteiger partial charge in [-0.25, -0.2) is 9.37 Å². The molecule has 1 aromatic heterocycles. The van der Waals surface area contributed by atoms with Crippen LogP contribution in [0.2, 0.25) is 0 Å². The number of hydrogen-bond acceptors (Lipinski definition) is 5. The second-order valence-corrected chi connectivity index (χ2v) is 7.86. The van der Waals surface area contributed by atoms with E-state index in [1.54, 1.807) is 18.2 Å². The molecule has 1 aliphatic heterocycles. The van der Waals surface area contributed by atoms with Crippen molar-refractivity contribution in [3.05, 3.63) is 66.4 Å². The number of nitrogens with one attached hydrogen (secondary N) is 1. The van der Waals surface area contributed by atoms with Gasteiger partial charge in [0.2, 0.25) is 11.8 Å². The quantitative estimate of drug-likeness (QED) is 0.587. The van der Waals surface area contributed by atoms with Crippen molar-refractivity contribution in [2.75, 3.05) is 23.3 Å². The Balaban J connectivity index is 1.27. The number of rotatable bonds is 7. The van der Waals surface area contributed by atoms with Crippen LogP contribution in [0.4, 0.5) is 15.8 Å². The van der Waals surface area contributed by atoms with E-state index in [1.807, 2.05) is 24.3 Å². The van der Waals surface area contributed by atoms with Gasteiger partial charge in [0, 0.05) is 43.2 Å². The second-order valence-electron chi connectivity index (χ2n) is 7.86. The number of primary amides is 1. The normalized spacial score (nSPS) is 14.3. The van der Waals surface area contributed by atoms with Gasteiger partial charge in [-0.3, -0.25) is 9.59 Å². The summed E-state index contributed by atoms with van der Waals surface area (Å²) in [4.78, 5) is 30.0. The third-order valence-electron chi connectivity index (χ3n) is 5.67. The molecule has 1 saturated heterocycles. The van der Waals surface area contributed by atoms with Gasteiger partial charge in [0.05, 0.1) is 11.8 Å². The Labute approximate surface area is 185 Å². The number of oxazole rings is 1. The third kappa shape index (κ3) is 5.14. The standard InChI is InChI=1S/C24H25FN4O3/c25-20-4-2-1-3-19(20)21-15-27-23(32-21)10-9-22(30)28-17-5-7-18(8-6-17)29-13-11-16(12-14-29)24(26)31/h1-8,15-16H,9-14H2,(H2,26,31)(H,28,30). The molecule has 0 spiro atoms. The number of nitrogens with zero attached hydrogens (tertiary/aromatic N) is 2. The number of piperidine rings is 1. The van der Waals surface area contributed by atoms with Crippen LogP contribution in [0.1, 0.15) is 25.2 Å². The molecule has 0 atom stereocenters. The van der Waals surface area contributed by atoms with Crippen LogP contribution in [-0.4, -0.2) is 29.9 Å². The number of aromatic nitrogens is 1. The van der Waals surface area contributed by atoms with Gasteiger partial charge in [0.25, 0.3) is 0 Å². The molecular formula is C24H25FN4O3. The van der Waals surface area contributed by atoms with Crippen LogP contribution >= 0.6 is 0 Å². The fraction of sp³-hybridized carbons (Fsp3) is 0.292. The van der Waals surface area contributed by atoms with Gasteiger partial charge in [-0.15, -0.1) is 0 Å². The summed E-state index contributed by atoms with van der Waals surface area (Å²) in [6.07, 6.45) is 3.49. The number of hydrogen-bond donors (Lipinski definition) is 2. The van der Waals surface area contributed by atoms with E-state index >= 15 is 0 Å². The van der Waals surface area contributed by atoms with Gasteiger partial charge < -0.3 is 20.4 Å². The van der Waals surface area contributed by atoms with Crippen LogP contribution in [0.3, 0.4) is 0 Å². The molecule has 4 rings (SSSR count). The largest absolute Gasteiger partial charge is 0.441 e. The highest BCUT2D eigenvalue weighted by Crippen LogP contribution is 2.25. The van der Waals surface area contributed by atoms with Crippen LogP contribution < -0.4 is 16.0 Å². The van der Waals surface area contributed by atoms with Crippen molar-refractivity contribution >= 4 is 23.2 Å². The van der Waals surface area contributed by atoms with Crippen molar-refractivity contribution in [2.24, 2.45) is 11.7 Å². The molecule has 2 heterocycles. The predicted octanol–water partition coefficient (Wildman–Crippen LogP) is 3.75. The molecular weight excluding hydrogens is 411 g/mol. The Morgan fingerprint density at radius 2 is 1.84 bits per heavy atom. The average molecular weight is 436 g/mol. The number of carbonyl (C=O) groups is 2. The van der Waals surface area contributed by atoms with E-state index in [0.29, 0.717) is 29.3 Å². The lowest BCUT2D eigenvalue weighted by Crippen LogP contribution is -2.38. The van der Waals surface area contributed by atoms with Gasteiger partial charge in [0.15, 0.2) is 11.7 Å². The summed E-state index contributed by atoms with van der Waals surface area (Å²) in [6.45, 7) is 1.56. The lowest BCUT2D eigenvalue weighted by atomic mass is 9.96. The first-order valence-electron chi connectivity index (χ1n) is 10.6. The van der Waals surface area contributed by atoms with Crippen molar-refractivity contribution in [3.63, 3.8) is 0 Å². The molecule has 0 bridgehead atoms. The smallest absolute Gasteiger partial charge is 0.224 e. The summed E-state index contributed by atoms with van der Waals surface area (Å²) in [7, 11) is 0. The number of anilines is 2. The molecule has 2 aromatic carbocycles. The molecule has 32 heavy (non-hydrogen) atoms.